The Morgan fingerprint density at radius 1 is 0.929 bits per heavy atom. The number of H-pyrrole nitrogens is 1. The van der Waals surface area contributed by atoms with Crippen LogP contribution < -0.4 is 4.74 Å². The van der Waals surface area contributed by atoms with Crippen molar-refractivity contribution in [2.45, 2.75) is 20.0 Å². The average molecular weight is 377 g/mol. The fraction of sp³-hybridized carbons (Fsp3) is 0.348. The largest absolute Gasteiger partial charge is 0.497 e. The summed E-state index contributed by atoms with van der Waals surface area (Å²) in [7, 11) is 1.72. The van der Waals surface area contributed by atoms with Crippen molar-refractivity contribution < 1.29 is 4.74 Å². The maximum absolute atomic E-state index is 5.34. The number of methoxy groups -OCH3 is 1. The second-order valence-corrected chi connectivity index (χ2v) is 7.43. The number of aryl methyl sites for hydroxylation is 1. The van der Waals surface area contributed by atoms with Gasteiger partial charge in [-0.15, -0.1) is 0 Å². The maximum Gasteiger partial charge on any atom is 0.137 e. The molecule has 28 heavy (non-hydrogen) atoms. The first-order chi connectivity index (χ1) is 13.7. The van der Waals surface area contributed by atoms with E-state index in [2.05, 4.69) is 64.2 Å². The number of nitrogens with zero attached hydrogens (tertiary/aromatic N) is 3. The smallest absolute Gasteiger partial charge is 0.137 e. The number of rotatable bonds is 6. The Morgan fingerprint density at radius 2 is 1.64 bits per heavy atom. The van der Waals surface area contributed by atoms with E-state index in [9.17, 15) is 0 Å². The molecule has 2 heterocycles. The number of aromatic nitrogens is 2. The van der Waals surface area contributed by atoms with Gasteiger partial charge in [-0.05, 0) is 24.6 Å². The predicted molar refractivity (Wildman–Crippen MR) is 112 cm³/mol. The molecule has 0 aliphatic carbocycles. The van der Waals surface area contributed by atoms with Gasteiger partial charge in [-0.2, -0.15) is 0 Å². The first-order valence-corrected chi connectivity index (χ1v) is 9.90. The lowest BCUT2D eigenvalue weighted by Gasteiger charge is -2.34. The normalized spacial score (nSPS) is 15.6. The summed E-state index contributed by atoms with van der Waals surface area (Å²) in [6.45, 7) is 8.28. The van der Waals surface area contributed by atoms with Crippen LogP contribution in [0, 0.1) is 6.92 Å². The topological polar surface area (TPSA) is 44.4 Å². The van der Waals surface area contributed by atoms with Gasteiger partial charge in [0.25, 0.3) is 0 Å². The molecule has 5 heteroatoms. The van der Waals surface area contributed by atoms with Gasteiger partial charge in [0.05, 0.1) is 12.8 Å². The Bertz CT molecular complexity index is 898. The molecule has 2 aromatic carbocycles. The van der Waals surface area contributed by atoms with E-state index in [0.29, 0.717) is 0 Å². The highest BCUT2D eigenvalue weighted by Crippen LogP contribution is 2.20. The molecule has 1 aliphatic heterocycles. The van der Waals surface area contributed by atoms with Crippen LogP contribution in [0.5, 0.6) is 5.75 Å². The predicted octanol–water partition coefficient (Wildman–Crippen LogP) is 3.71. The second kappa shape index (κ2) is 8.59. The van der Waals surface area contributed by atoms with E-state index in [4.69, 9.17) is 9.72 Å². The van der Waals surface area contributed by atoms with E-state index in [1.54, 1.807) is 7.11 Å². The number of ether oxygens (including phenoxy) is 1. The number of benzene rings is 2. The summed E-state index contributed by atoms with van der Waals surface area (Å²) in [5.41, 5.74) is 4.76. The fourth-order valence-electron chi connectivity index (χ4n) is 3.73. The third-order valence-electron chi connectivity index (χ3n) is 5.41. The molecule has 1 aliphatic rings. The molecule has 0 bridgehead atoms. The van der Waals surface area contributed by atoms with Crippen LogP contribution in [-0.2, 0) is 13.1 Å². The third-order valence-corrected chi connectivity index (χ3v) is 5.41. The lowest BCUT2D eigenvalue weighted by molar-refractivity contribution is 0.121. The van der Waals surface area contributed by atoms with Crippen LogP contribution in [0.15, 0.2) is 54.6 Å². The van der Waals surface area contributed by atoms with Crippen LogP contribution in [0.2, 0.25) is 0 Å². The molecular formula is C23H28N4O. The summed E-state index contributed by atoms with van der Waals surface area (Å²) < 4.78 is 5.34. The van der Waals surface area contributed by atoms with Crippen LogP contribution >= 0.6 is 0 Å². The summed E-state index contributed by atoms with van der Waals surface area (Å²) in [4.78, 5) is 13.3. The monoisotopic (exact) mass is 376 g/mol. The van der Waals surface area contributed by atoms with Gasteiger partial charge in [0.2, 0.25) is 0 Å². The zero-order chi connectivity index (χ0) is 19.3. The van der Waals surface area contributed by atoms with E-state index in [0.717, 1.165) is 67.8 Å². The Balaban J connectivity index is 1.33. The van der Waals surface area contributed by atoms with Crippen molar-refractivity contribution in [2.24, 2.45) is 0 Å². The van der Waals surface area contributed by atoms with Crippen molar-refractivity contribution >= 4 is 0 Å². The summed E-state index contributed by atoms with van der Waals surface area (Å²) in [5, 5.41) is 0. The van der Waals surface area contributed by atoms with Gasteiger partial charge in [-0.25, -0.2) is 4.98 Å². The zero-order valence-corrected chi connectivity index (χ0v) is 16.7. The van der Waals surface area contributed by atoms with Crippen LogP contribution in [0.25, 0.3) is 11.4 Å². The highest BCUT2D eigenvalue weighted by atomic mass is 16.5. The van der Waals surface area contributed by atoms with Crippen molar-refractivity contribution in [1.82, 2.24) is 19.8 Å². The minimum absolute atomic E-state index is 0.905. The first-order valence-electron chi connectivity index (χ1n) is 9.90. The van der Waals surface area contributed by atoms with Crippen molar-refractivity contribution in [1.29, 1.82) is 0 Å². The Kier molecular flexibility index (Phi) is 5.74. The van der Waals surface area contributed by atoms with E-state index >= 15 is 0 Å². The highest BCUT2D eigenvalue weighted by Gasteiger charge is 2.19. The number of aromatic amines is 1. The molecule has 5 nitrogen and oxygen atoms in total. The molecule has 1 fully saturated rings. The molecule has 1 aromatic heterocycles. The standard InChI is InChI=1S/C23H28N4O/c1-18-22(25-23(24-18)20-8-4-3-5-9-20)17-27-13-11-26(12-14-27)16-19-7-6-10-21(15-19)28-2/h3-10,15H,11-14,16-17H2,1-2H3,(H,24,25). The lowest BCUT2D eigenvalue weighted by atomic mass is 10.2. The van der Waals surface area contributed by atoms with Crippen LogP contribution in [-0.4, -0.2) is 53.1 Å². The van der Waals surface area contributed by atoms with Crippen LogP contribution in [0.4, 0.5) is 0 Å². The summed E-state index contributed by atoms with van der Waals surface area (Å²) in [6, 6.07) is 18.7. The van der Waals surface area contributed by atoms with Crippen LogP contribution in [0.3, 0.4) is 0 Å². The molecule has 0 spiro atoms. The Hall–Kier alpha value is -2.63. The van der Waals surface area contributed by atoms with E-state index in [-0.39, 0.29) is 0 Å². The molecule has 146 valence electrons. The second-order valence-electron chi connectivity index (χ2n) is 7.43. The number of hydrogen-bond acceptors (Lipinski definition) is 4. The SMILES string of the molecule is COc1cccc(CN2CCN(Cc3nc(-c4ccccc4)[nH]c3C)CC2)c1. The number of imidazole rings is 1. The van der Waals surface area contributed by atoms with Gasteiger partial charge in [0, 0.05) is 50.5 Å². The molecule has 1 saturated heterocycles. The lowest BCUT2D eigenvalue weighted by Crippen LogP contribution is -2.45. The number of piperazine rings is 1. The molecule has 0 unspecified atom stereocenters. The number of hydrogen-bond donors (Lipinski definition) is 1. The van der Waals surface area contributed by atoms with Crippen molar-refractivity contribution in [3.05, 3.63) is 71.5 Å². The molecule has 1 N–H and O–H groups in total. The minimum Gasteiger partial charge on any atom is -0.497 e. The molecule has 0 amide bonds. The van der Waals surface area contributed by atoms with Crippen molar-refractivity contribution in [2.75, 3.05) is 33.3 Å². The highest BCUT2D eigenvalue weighted by molar-refractivity contribution is 5.55. The van der Waals surface area contributed by atoms with E-state index < -0.39 is 0 Å². The molecule has 4 rings (SSSR count). The van der Waals surface area contributed by atoms with Crippen molar-refractivity contribution in [3.63, 3.8) is 0 Å². The molecular weight excluding hydrogens is 348 g/mol. The van der Waals surface area contributed by atoms with Gasteiger partial charge in [-0.3, -0.25) is 9.80 Å². The summed E-state index contributed by atoms with van der Waals surface area (Å²) >= 11 is 0. The average Bonchev–Trinajstić information content (AvgIpc) is 3.10. The molecule has 0 saturated carbocycles. The Labute approximate surface area is 167 Å². The number of nitrogens with one attached hydrogen (secondary N) is 1. The molecule has 0 atom stereocenters. The van der Waals surface area contributed by atoms with Gasteiger partial charge in [0.15, 0.2) is 0 Å². The summed E-state index contributed by atoms with van der Waals surface area (Å²) in [6.07, 6.45) is 0. The first kappa shape index (κ1) is 18.7. The zero-order valence-electron chi connectivity index (χ0n) is 16.7. The van der Waals surface area contributed by atoms with E-state index in [1.165, 1.54) is 5.56 Å². The Morgan fingerprint density at radius 3 is 2.36 bits per heavy atom. The minimum atomic E-state index is 0.905. The van der Waals surface area contributed by atoms with Crippen LogP contribution in [0.1, 0.15) is 17.0 Å². The quantitative estimate of drug-likeness (QED) is 0.712. The molecule has 3 aromatic rings. The van der Waals surface area contributed by atoms with Crippen molar-refractivity contribution in [3.8, 4) is 17.1 Å². The maximum atomic E-state index is 5.34. The van der Waals surface area contributed by atoms with Gasteiger partial charge < -0.3 is 9.72 Å². The fourth-order valence-corrected chi connectivity index (χ4v) is 3.73. The van der Waals surface area contributed by atoms with E-state index in [1.807, 2.05) is 12.1 Å². The summed E-state index contributed by atoms with van der Waals surface area (Å²) in [5.74, 6) is 1.89. The van der Waals surface area contributed by atoms with Gasteiger partial charge in [0.1, 0.15) is 11.6 Å². The molecule has 0 radical (unpaired) electrons. The van der Waals surface area contributed by atoms with Gasteiger partial charge >= 0.3 is 0 Å². The van der Waals surface area contributed by atoms with Gasteiger partial charge in [-0.1, -0.05) is 42.5 Å². The third kappa shape index (κ3) is 4.43.